The number of rotatable bonds is 5. The van der Waals surface area contributed by atoms with Gasteiger partial charge in [-0.3, -0.25) is 4.79 Å². The van der Waals surface area contributed by atoms with Crippen LogP contribution in [0.25, 0.3) is 21.5 Å². The molecule has 4 nitrogen and oxygen atoms in total. The fourth-order valence-electron chi connectivity index (χ4n) is 4.08. The fourth-order valence-corrected chi connectivity index (χ4v) is 4.08. The van der Waals surface area contributed by atoms with E-state index in [2.05, 4.69) is 11.4 Å². The Morgan fingerprint density at radius 2 is 1.37 bits per heavy atom. The van der Waals surface area contributed by atoms with Gasteiger partial charge in [-0.25, -0.2) is 4.79 Å². The molecule has 0 radical (unpaired) electrons. The van der Waals surface area contributed by atoms with Gasteiger partial charge in [0.2, 0.25) is 0 Å². The van der Waals surface area contributed by atoms with Crippen LogP contribution in [0.4, 0.5) is 0 Å². The van der Waals surface area contributed by atoms with E-state index in [-0.39, 0.29) is 12.3 Å². The highest BCUT2D eigenvalue weighted by atomic mass is 16.4. The van der Waals surface area contributed by atoms with Crippen molar-refractivity contribution in [3.63, 3.8) is 0 Å². The molecule has 4 aromatic rings. The van der Waals surface area contributed by atoms with Gasteiger partial charge in [-0.2, -0.15) is 0 Å². The Morgan fingerprint density at radius 1 is 0.833 bits per heavy atom. The summed E-state index contributed by atoms with van der Waals surface area (Å²) in [5, 5.41) is 16.7. The summed E-state index contributed by atoms with van der Waals surface area (Å²) in [4.78, 5) is 24.9. The molecule has 4 aromatic carbocycles. The number of aliphatic carboxylic acids is 1. The van der Waals surface area contributed by atoms with Gasteiger partial charge in [0.05, 0.1) is 0 Å². The summed E-state index contributed by atoms with van der Waals surface area (Å²) in [6, 6.07) is 22.5. The van der Waals surface area contributed by atoms with Gasteiger partial charge in [0, 0.05) is 12.0 Å². The lowest BCUT2D eigenvalue weighted by molar-refractivity contribution is -0.139. The molecule has 0 bridgehead atoms. The number of fused-ring (bicyclic) bond motifs is 2. The first-order chi connectivity index (χ1) is 14.4. The molecule has 150 valence electrons. The van der Waals surface area contributed by atoms with E-state index >= 15 is 0 Å². The zero-order valence-electron chi connectivity index (χ0n) is 17.0. The van der Waals surface area contributed by atoms with Crippen molar-refractivity contribution in [2.75, 3.05) is 0 Å². The van der Waals surface area contributed by atoms with Crippen molar-refractivity contribution in [2.24, 2.45) is 0 Å². The van der Waals surface area contributed by atoms with Crippen LogP contribution in [0.5, 0.6) is 0 Å². The monoisotopic (exact) mass is 397 g/mol. The van der Waals surface area contributed by atoms with Crippen molar-refractivity contribution >= 4 is 33.4 Å². The number of hydrogen-bond donors (Lipinski definition) is 2. The number of carboxylic acid groups (broad SMARTS) is 1. The van der Waals surface area contributed by atoms with Crippen molar-refractivity contribution in [2.45, 2.75) is 26.3 Å². The molecule has 1 atom stereocenters. The van der Waals surface area contributed by atoms with E-state index in [1.165, 1.54) is 0 Å². The van der Waals surface area contributed by atoms with Gasteiger partial charge in [0.25, 0.3) is 5.91 Å². The summed E-state index contributed by atoms with van der Waals surface area (Å²) in [5.74, 6) is -1.43. The molecule has 0 saturated heterocycles. The molecule has 0 heterocycles. The van der Waals surface area contributed by atoms with E-state index in [1.807, 2.05) is 68.4 Å². The maximum Gasteiger partial charge on any atom is 0.326 e. The summed E-state index contributed by atoms with van der Waals surface area (Å²) >= 11 is 0. The second kappa shape index (κ2) is 7.99. The zero-order chi connectivity index (χ0) is 21.3. The van der Waals surface area contributed by atoms with Gasteiger partial charge >= 0.3 is 5.97 Å². The smallest absolute Gasteiger partial charge is 0.326 e. The van der Waals surface area contributed by atoms with Gasteiger partial charge in [-0.1, -0.05) is 65.7 Å². The van der Waals surface area contributed by atoms with Crippen molar-refractivity contribution in [1.29, 1.82) is 0 Å². The van der Waals surface area contributed by atoms with Gasteiger partial charge in [0.1, 0.15) is 6.04 Å². The summed E-state index contributed by atoms with van der Waals surface area (Å²) in [7, 11) is 0. The highest BCUT2D eigenvalue weighted by Gasteiger charge is 2.23. The minimum Gasteiger partial charge on any atom is -0.480 e. The minimum atomic E-state index is -1.05. The van der Waals surface area contributed by atoms with E-state index in [0.717, 1.165) is 38.2 Å². The number of nitrogens with one attached hydrogen (secondary N) is 1. The lowest BCUT2D eigenvalue weighted by Gasteiger charge is -2.18. The van der Waals surface area contributed by atoms with Crippen molar-refractivity contribution in [3.05, 3.63) is 95.1 Å². The number of carbonyl (C=O) groups is 2. The SMILES string of the molecule is Cc1cc(C)cc(C(=O)N[C@@H](Cc2c3ccccc3cc3ccccc23)C(=O)O)c1. The summed E-state index contributed by atoms with van der Waals surface area (Å²) < 4.78 is 0. The molecule has 30 heavy (non-hydrogen) atoms. The molecule has 0 aliphatic carbocycles. The third-order valence-electron chi connectivity index (χ3n) is 5.38. The van der Waals surface area contributed by atoms with Gasteiger partial charge in [0.15, 0.2) is 0 Å². The van der Waals surface area contributed by atoms with Crippen LogP contribution in [0.1, 0.15) is 27.0 Å². The molecule has 4 rings (SSSR count). The van der Waals surface area contributed by atoms with Crippen LogP contribution in [-0.4, -0.2) is 23.0 Å². The van der Waals surface area contributed by atoms with E-state index in [1.54, 1.807) is 12.1 Å². The average Bonchev–Trinajstić information content (AvgIpc) is 2.72. The quantitative estimate of drug-likeness (QED) is 0.464. The molecule has 0 aliphatic rings. The average molecular weight is 397 g/mol. The number of aryl methyl sites for hydroxylation is 2. The van der Waals surface area contributed by atoms with Crippen LogP contribution in [0, 0.1) is 13.8 Å². The van der Waals surface area contributed by atoms with E-state index in [0.29, 0.717) is 5.56 Å². The summed E-state index contributed by atoms with van der Waals surface area (Å²) in [6.45, 7) is 3.83. The lowest BCUT2D eigenvalue weighted by Crippen LogP contribution is -2.42. The minimum absolute atomic E-state index is 0.202. The Kier molecular flexibility index (Phi) is 5.23. The normalized spacial score (nSPS) is 12.1. The van der Waals surface area contributed by atoms with E-state index in [9.17, 15) is 14.7 Å². The summed E-state index contributed by atoms with van der Waals surface area (Å²) in [6.07, 6.45) is 0.202. The van der Waals surface area contributed by atoms with Gasteiger partial charge in [-0.05, 0) is 59.2 Å². The zero-order valence-corrected chi connectivity index (χ0v) is 17.0. The van der Waals surface area contributed by atoms with Crippen LogP contribution in [0.15, 0.2) is 72.8 Å². The molecule has 0 saturated carbocycles. The Labute approximate surface area is 175 Å². The molecule has 0 unspecified atom stereocenters. The standard InChI is InChI=1S/C26H23NO3/c1-16-11-17(2)13-20(12-16)25(28)27-24(26(29)30)15-23-21-9-5-3-7-18(21)14-19-8-4-6-10-22(19)23/h3-14,24H,15H2,1-2H3,(H,27,28)(H,29,30)/t24-/m0/s1. The molecule has 0 spiro atoms. The molecule has 1 amide bonds. The Balaban J connectivity index is 1.73. The maximum atomic E-state index is 12.8. The Bertz CT molecular complexity index is 1200. The molecular formula is C26H23NO3. The Morgan fingerprint density at radius 3 is 1.90 bits per heavy atom. The molecule has 4 heteroatoms. The highest BCUT2D eigenvalue weighted by Crippen LogP contribution is 2.29. The molecule has 0 aliphatic heterocycles. The second-order valence-electron chi connectivity index (χ2n) is 7.74. The van der Waals surface area contributed by atoms with E-state index < -0.39 is 12.0 Å². The Hall–Kier alpha value is -3.66. The first-order valence-corrected chi connectivity index (χ1v) is 9.94. The molecular weight excluding hydrogens is 374 g/mol. The number of carboxylic acids is 1. The molecule has 2 N–H and O–H groups in total. The number of carbonyl (C=O) groups excluding carboxylic acids is 1. The lowest BCUT2D eigenvalue weighted by atomic mass is 9.92. The highest BCUT2D eigenvalue weighted by molar-refractivity contribution is 6.03. The van der Waals surface area contributed by atoms with Gasteiger partial charge < -0.3 is 10.4 Å². The first kappa shape index (κ1) is 19.6. The number of benzene rings is 4. The van der Waals surface area contributed by atoms with Crippen LogP contribution < -0.4 is 5.32 Å². The van der Waals surface area contributed by atoms with Crippen LogP contribution in [-0.2, 0) is 11.2 Å². The second-order valence-corrected chi connectivity index (χ2v) is 7.74. The number of hydrogen-bond acceptors (Lipinski definition) is 2. The fraction of sp³-hybridized carbons (Fsp3) is 0.154. The third-order valence-corrected chi connectivity index (χ3v) is 5.38. The van der Waals surface area contributed by atoms with Crippen molar-refractivity contribution in [1.82, 2.24) is 5.32 Å². The largest absolute Gasteiger partial charge is 0.480 e. The first-order valence-electron chi connectivity index (χ1n) is 9.94. The topological polar surface area (TPSA) is 66.4 Å². The number of amides is 1. The predicted octanol–water partition coefficient (Wildman–Crippen LogP) is 5.04. The maximum absolute atomic E-state index is 12.8. The van der Waals surface area contributed by atoms with Crippen LogP contribution >= 0.6 is 0 Å². The third kappa shape index (κ3) is 3.90. The van der Waals surface area contributed by atoms with Crippen LogP contribution in [0.2, 0.25) is 0 Å². The molecule has 0 fully saturated rings. The predicted molar refractivity (Wildman–Crippen MR) is 120 cm³/mol. The van der Waals surface area contributed by atoms with Crippen molar-refractivity contribution < 1.29 is 14.7 Å². The van der Waals surface area contributed by atoms with Gasteiger partial charge in [-0.15, -0.1) is 0 Å². The summed E-state index contributed by atoms with van der Waals surface area (Å²) in [5.41, 5.74) is 3.33. The van der Waals surface area contributed by atoms with Crippen LogP contribution in [0.3, 0.4) is 0 Å². The molecule has 0 aromatic heterocycles. The van der Waals surface area contributed by atoms with E-state index in [4.69, 9.17) is 0 Å². The van der Waals surface area contributed by atoms with Crippen molar-refractivity contribution in [3.8, 4) is 0 Å².